The lowest BCUT2D eigenvalue weighted by atomic mass is 10.1. The van der Waals surface area contributed by atoms with Crippen LogP contribution in [0.1, 0.15) is 5.56 Å². The lowest BCUT2D eigenvalue weighted by Gasteiger charge is -2.39. The summed E-state index contributed by atoms with van der Waals surface area (Å²) in [5, 5.41) is 25.5. The number of phenols is 2. The van der Waals surface area contributed by atoms with Gasteiger partial charge in [-0.1, -0.05) is 78.9 Å². The van der Waals surface area contributed by atoms with Gasteiger partial charge in [-0.05, 0) is 77.1 Å². The third-order valence-electron chi connectivity index (χ3n) is 7.60. The molecule has 2 N–H and O–H groups in total. The molecule has 0 unspecified atom stereocenters. The van der Waals surface area contributed by atoms with Crippen molar-refractivity contribution in [2.24, 2.45) is 0 Å². The van der Waals surface area contributed by atoms with E-state index in [0.717, 1.165) is 18.5 Å². The fourth-order valence-corrected chi connectivity index (χ4v) is 15.2. The number of nitrogens with zero attached hydrogens (tertiary/aromatic N) is 1. The second kappa shape index (κ2) is 11.7. The lowest BCUT2D eigenvalue weighted by Crippen LogP contribution is -2.43. The van der Waals surface area contributed by atoms with Gasteiger partial charge in [0.25, 0.3) is 0 Å². The highest BCUT2D eigenvalue weighted by Crippen LogP contribution is 2.73. The van der Waals surface area contributed by atoms with E-state index in [4.69, 9.17) is 0 Å². The first-order valence-electron chi connectivity index (χ1n) is 13.2. The van der Waals surface area contributed by atoms with E-state index in [2.05, 4.69) is 139 Å². The monoisotopic (exact) mass is 551 g/mol. The number of aromatic hydroxyl groups is 2. The average molecular weight is 552 g/mol. The molecule has 5 rings (SSSR count). The average Bonchev–Trinajstić information content (AvgIpc) is 3.00. The minimum absolute atomic E-state index is 0.0774. The summed E-state index contributed by atoms with van der Waals surface area (Å²) in [5.74, 6) is -0.168. The van der Waals surface area contributed by atoms with Crippen molar-refractivity contribution < 1.29 is 10.2 Å². The van der Waals surface area contributed by atoms with Crippen molar-refractivity contribution in [3.05, 3.63) is 145 Å². The predicted molar refractivity (Wildman–Crippen MR) is 170 cm³/mol. The van der Waals surface area contributed by atoms with Crippen molar-refractivity contribution in [1.29, 1.82) is 0 Å². The lowest BCUT2D eigenvalue weighted by molar-refractivity contribution is 0.403. The fraction of sp³-hybridized carbons (Fsp3) is 0.118. The van der Waals surface area contributed by atoms with Crippen molar-refractivity contribution in [2.45, 2.75) is 6.42 Å². The normalized spacial score (nSPS) is 12.0. The molecule has 0 aliphatic carbocycles. The standard InChI is InChI=1S/C34H33NO2P2/c1-38(29-15-7-3-8-16-29,30-17-9-4-10-18-30)35(26-25-28-23-24-33(36)34(37)27-28)39(2,31-19-11-5-12-20-31)32-21-13-6-14-22-32/h3-24,27H,25-26H2,1-2H3/p+2. The van der Waals surface area contributed by atoms with Crippen molar-refractivity contribution >= 4 is 36.0 Å². The van der Waals surface area contributed by atoms with Crippen LogP contribution in [-0.2, 0) is 6.42 Å². The third-order valence-corrected chi connectivity index (χ3v) is 17.2. The maximum atomic E-state index is 10.2. The summed E-state index contributed by atoms with van der Waals surface area (Å²) >= 11 is 0. The van der Waals surface area contributed by atoms with Crippen LogP contribution in [0.2, 0.25) is 0 Å². The molecular weight excluding hydrogens is 516 g/mol. The van der Waals surface area contributed by atoms with E-state index < -0.39 is 14.8 Å². The Hall–Kier alpha value is -3.48. The molecular formula is C34H35NO2P2+2. The van der Waals surface area contributed by atoms with Gasteiger partial charge in [-0.2, -0.15) is 0 Å². The van der Waals surface area contributed by atoms with Crippen molar-refractivity contribution in [3.63, 3.8) is 0 Å². The minimum Gasteiger partial charge on any atom is -0.504 e. The second-order valence-corrected chi connectivity index (χ2v) is 17.1. The predicted octanol–water partition coefficient (Wildman–Crippen LogP) is 6.37. The smallest absolute Gasteiger partial charge is 0.184 e. The number of benzene rings is 5. The first kappa shape index (κ1) is 27.1. The Morgan fingerprint density at radius 3 is 1.18 bits per heavy atom. The van der Waals surface area contributed by atoms with E-state index in [-0.39, 0.29) is 11.5 Å². The third kappa shape index (κ3) is 5.36. The molecule has 39 heavy (non-hydrogen) atoms. The molecule has 196 valence electrons. The Morgan fingerprint density at radius 2 is 0.846 bits per heavy atom. The SMILES string of the molecule is C[P+](c1ccccc1)(c1ccccc1)N(CCc1ccc(O)c(O)c1)[P+](C)(c1ccccc1)c1ccccc1. The number of hydrogen-bond donors (Lipinski definition) is 2. The Labute approximate surface area is 233 Å². The molecule has 0 saturated heterocycles. The Balaban J connectivity index is 1.76. The Kier molecular flexibility index (Phi) is 8.15. The van der Waals surface area contributed by atoms with E-state index in [0.29, 0.717) is 0 Å². The topological polar surface area (TPSA) is 43.7 Å². The summed E-state index contributed by atoms with van der Waals surface area (Å²) < 4.78 is 2.82. The molecule has 0 aliphatic heterocycles. The van der Waals surface area contributed by atoms with Crippen LogP contribution >= 0.6 is 14.8 Å². The van der Waals surface area contributed by atoms with Crippen LogP contribution < -0.4 is 21.2 Å². The first-order chi connectivity index (χ1) is 18.9. The number of rotatable bonds is 9. The van der Waals surface area contributed by atoms with E-state index >= 15 is 0 Å². The highest BCUT2D eigenvalue weighted by molar-refractivity contribution is 8.00. The Morgan fingerprint density at radius 1 is 0.487 bits per heavy atom. The molecule has 5 aromatic rings. The second-order valence-electron chi connectivity index (χ2n) is 9.93. The van der Waals surface area contributed by atoms with Gasteiger partial charge in [0.2, 0.25) is 0 Å². The molecule has 0 aliphatic rings. The molecule has 3 nitrogen and oxygen atoms in total. The summed E-state index contributed by atoms with van der Waals surface area (Å²) in [6.45, 7) is 5.69. The van der Waals surface area contributed by atoms with Crippen molar-refractivity contribution in [3.8, 4) is 11.5 Å². The summed E-state index contributed by atoms with van der Waals surface area (Å²) in [6, 6.07) is 48.9. The molecule has 0 radical (unpaired) electrons. The number of hydrogen-bond acceptors (Lipinski definition) is 3. The van der Waals surface area contributed by atoms with Crippen LogP contribution in [0.4, 0.5) is 0 Å². The minimum atomic E-state index is -2.12. The maximum Gasteiger partial charge on any atom is 0.184 e. The number of phenolic OH excluding ortho intramolecular Hbond substituents is 2. The maximum absolute atomic E-state index is 10.2. The van der Waals surface area contributed by atoms with Gasteiger partial charge in [0.1, 0.15) is 21.2 Å². The van der Waals surface area contributed by atoms with Crippen LogP contribution in [0.15, 0.2) is 140 Å². The Bertz CT molecular complexity index is 1330. The molecule has 0 heterocycles. The van der Waals surface area contributed by atoms with Crippen molar-refractivity contribution in [2.75, 3.05) is 19.9 Å². The van der Waals surface area contributed by atoms with Gasteiger partial charge in [-0.3, -0.25) is 0 Å². The van der Waals surface area contributed by atoms with Gasteiger partial charge in [0, 0.05) is 0 Å². The van der Waals surface area contributed by atoms with Gasteiger partial charge < -0.3 is 10.2 Å². The molecule has 0 fully saturated rings. The summed E-state index contributed by atoms with van der Waals surface area (Å²) in [7, 11) is -4.25. The molecule has 0 spiro atoms. The van der Waals surface area contributed by atoms with E-state index in [1.807, 2.05) is 6.07 Å². The molecule has 0 saturated carbocycles. The van der Waals surface area contributed by atoms with E-state index in [1.54, 1.807) is 12.1 Å². The van der Waals surface area contributed by atoms with Crippen LogP contribution in [0.25, 0.3) is 0 Å². The molecule has 0 bridgehead atoms. The van der Waals surface area contributed by atoms with Crippen LogP contribution in [0, 0.1) is 0 Å². The zero-order valence-corrected chi connectivity index (χ0v) is 24.2. The van der Waals surface area contributed by atoms with Gasteiger partial charge in [0.15, 0.2) is 26.3 Å². The molecule has 5 heteroatoms. The zero-order valence-electron chi connectivity index (χ0n) is 22.4. The van der Waals surface area contributed by atoms with Gasteiger partial charge >= 0.3 is 0 Å². The van der Waals surface area contributed by atoms with Gasteiger partial charge in [-0.15, -0.1) is 0 Å². The van der Waals surface area contributed by atoms with Crippen LogP contribution in [0.3, 0.4) is 0 Å². The molecule has 0 aromatic heterocycles. The molecule has 5 aromatic carbocycles. The molecule has 0 amide bonds. The largest absolute Gasteiger partial charge is 0.504 e. The summed E-state index contributed by atoms with van der Waals surface area (Å²) in [5.41, 5.74) is 0.996. The zero-order chi connectivity index (χ0) is 27.3. The van der Waals surface area contributed by atoms with E-state index in [1.165, 1.54) is 21.2 Å². The highest BCUT2D eigenvalue weighted by Gasteiger charge is 2.60. The summed E-state index contributed by atoms with van der Waals surface area (Å²) in [4.78, 5) is 0. The van der Waals surface area contributed by atoms with Crippen molar-refractivity contribution in [1.82, 2.24) is 4.44 Å². The van der Waals surface area contributed by atoms with Crippen LogP contribution in [-0.4, -0.2) is 34.5 Å². The quantitative estimate of drug-likeness (QED) is 0.165. The highest BCUT2D eigenvalue weighted by atomic mass is 31.2. The fourth-order valence-electron chi connectivity index (χ4n) is 5.42. The van der Waals surface area contributed by atoms with E-state index in [9.17, 15) is 10.2 Å². The van der Waals surface area contributed by atoms with Gasteiger partial charge in [-0.25, -0.2) is 0 Å². The van der Waals surface area contributed by atoms with Gasteiger partial charge in [0.05, 0.1) is 19.9 Å². The molecule has 0 atom stereocenters. The first-order valence-corrected chi connectivity index (χ1v) is 17.6. The van der Waals surface area contributed by atoms with Crippen LogP contribution in [0.5, 0.6) is 11.5 Å². The summed E-state index contributed by atoms with van der Waals surface area (Å²) in [6.07, 6.45) is 0.734.